The second-order valence-corrected chi connectivity index (χ2v) is 14.7. The molecule has 0 radical (unpaired) electrons. The Labute approximate surface area is 208 Å². The Bertz CT molecular complexity index is 1040. The van der Waals surface area contributed by atoms with Crippen LogP contribution in [0.15, 0.2) is 0 Å². The molecule has 1 N–H and O–H groups in total. The van der Waals surface area contributed by atoms with Gasteiger partial charge in [0, 0.05) is 7.11 Å². The minimum Gasteiger partial charge on any atom is -0.456 e. The Morgan fingerprint density at radius 2 is 1.89 bits per heavy atom. The molecule has 7 atom stereocenters. The quantitative estimate of drug-likeness (QED) is 0.289. The molecule has 1 spiro atoms. The molecule has 0 amide bonds. The lowest BCUT2D eigenvalue weighted by Crippen LogP contribution is -2.62. The van der Waals surface area contributed by atoms with E-state index in [9.17, 15) is 26.8 Å². The summed E-state index contributed by atoms with van der Waals surface area (Å²) in [6.45, 7) is -0.0606. The first-order valence-electron chi connectivity index (χ1n) is 11.3. The number of hydrogen-bond acceptors (Lipinski definition) is 11. The summed E-state index contributed by atoms with van der Waals surface area (Å²) in [5.41, 5.74) is -1.43. The van der Waals surface area contributed by atoms with Gasteiger partial charge in [0.05, 0.1) is 9.33 Å². The molecule has 4 aliphatic carbocycles. The maximum Gasteiger partial charge on any atom is 0.465 e. The number of carbonyl (C=O) groups is 2. The molecule has 15 heteroatoms. The fraction of sp³-hybridized carbons (Fsp3) is 0.900. The Morgan fingerprint density at radius 1 is 1.20 bits per heavy atom. The van der Waals surface area contributed by atoms with Crippen molar-refractivity contribution >= 4 is 45.6 Å². The van der Waals surface area contributed by atoms with Crippen molar-refractivity contribution in [3.8, 4) is 0 Å². The maximum absolute atomic E-state index is 13.9. The molecule has 7 fully saturated rings. The third-order valence-electron chi connectivity index (χ3n) is 8.12. The van der Waals surface area contributed by atoms with Gasteiger partial charge in [0.25, 0.3) is 0 Å². The average molecular weight is 559 g/mol. The van der Waals surface area contributed by atoms with Crippen LogP contribution in [0.25, 0.3) is 0 Å². The van der Waals surface area contributed by atoms with Crippen LogP contribution in [0.3, 0.4) is 0 Å². The number of esters is 2. The van der Waals surface area contributed by atoms with Crippen molar-refractivity contribution in [2.24, 2.45) is 17.8 Å². The lowest BCUT2D eigenvalue weighted by Gasteiger charge is -2.63. The van der Waals surface area contributed by atoms with E-state index in [1.165, 1.54) is 7.11 Å². The molecule has 4 bridgehead atoms. The monoisotopic (exact) mass is 558 g/mol. The zero-order valence-corrected chi connectivity index (χ0v) is 20.9. The Hall–Kier alpha value is -0.710. The lowest BCUT2D eigenvalue weighted by molar-refractivity contribution is -0.202. The molecule has 10 nitrogen and oxygen atoms in total. The molecule has 3 aliphatic heterocycles. The summed E-state index contributed by atoms with van der Waals surface area (Å²) in [7, 11) is -4.48. The summed E-state index contributed by atoms with van der Waals surface area (Å²) in [6.07, 6.45) is 0.840. The summed E-state index contributed by atoms with van der Waals surface area (Å²) < 4.78 is 85.8. The van der Waals surface area contributed by atoms with Gasteiger partial charge in [0.15, 0.2) is 6.10 Å². The summed E-state index contributed by atoms with van der Waals surface area (Å²) in [5.74, 6) is -2.53. The highest BCUT2D eigenvalue weighted by atomic mass is 32.2. The van der Waals surface area contributed by atoms with Crippen LogP contribution < -0.4 is 0 Å². The van der Waals surface area contributed by atoms with Crippen molar-refractivity contribution < 1.29 is 55.0 Å². The minimum atomic E-state index is -5.93. The number of hydrogen-bond donors (Lipinski definition) is 1. The highest BCUT2D eigenvalue weighted by molar-refractivity contribution is 8.22. The van der Waals surface area contributed by atoms with Crippen LogP contribution in [-0.2, 0) is 43.4 Å². The Morgan fingerprint density at radius 3 is 2.51 bits per heavy atom. The molecule has 3 saturated heterocycles. The van der Waals surface area contributed by atoms with E-state index < -0.39 is 51.2 Å². The summed E-state index contributed by atoms with van der Waals surface area (Å²) >= 11 is 3.37. The number of ether oxygens (including phenoxy) is 5. The van der Waals surface area contributed by atoms with E-state index in [2.05, 4.69) is 0 Å². The largest absolute Gasteiger partial charge is 0.465 e. The van der Waals surface area contributed by atoms with Gasteiger partial charge >= 0.3 is 27.3 Å². The molecule has 0 aromatic rings. The second-order valence-electron chi connectivity index (χ2n) is 10.2. The zero-order valence-electron chi connectivity index (χ0n) is 18.5. The highest BCUT2D eigenvalue weighted by Crippen LogP contribution is 2.74. The number of carbonyl (C=O) groups excluding carboxylic acids is 2. The topological polar surface area (TPSA) is 135 Å². The van der Waals surface area contributed by atoms with Crippen molar-refractivity contribution in [2.45, 2.75) is 76.0 Å². The number of halogens is 2. The molecule has 196 valence electrons. The Kier molecular flexibility index (Phi) is 5.56. The van der Waals surface area contributed by atoms with Crippen LogP contribution in [-0.4, -0.2) is 82.7 Å². The molecule has 4 saturated carbocycles. The van der Waals surface area contributed by atoms with Crippen molar-refractivity contribution in [3.05, 3.63) is 0 Å². The van der Waals surface area contributed by atoms with E-state index in [0.29, 0.717) is 19.3 Å². The number of alkyl halides is 2. The van der Waals surface area contributed by atoms with Crippen LogP contribution in [0.2, 0.25) is 0 Å². The second kappa shape index (κ2) is 7.90. The molecule has 7 aliphatic rings. The number of thioether (sulfide) groups is 2. The smallest absolute Gasteiger partial charge is 0.456 e. The van der Waals surface area contributed by atoms with Crippen molar-refractivity contribution in [1.29, 1.82) is 0 Å². The van der Waals surface area contributed by atoms with E-state index in [4.69, 9.17) is 28.2 Å². The van der Waals surface area contributed by atoms with Crippen molar-refractivity contribution in [3.63, 3.8) is 0 Å². The first kappa shape index (κ1) is 24.6. The van der Waals surface area contributed by atoms with Crippen LogP contribution in [0, 0.1) is 17.8 Å². The lowest BCUT2D eigenvalue weighted by atomic mass is 9.53. The van der Waals surface area contributed by atoms with Gasteiger partial charge < -0.3 is 23.7 Å². The van der Waals surface area contributed by atoms with Crippen LogP contribution in [0.5, 0.6) is 0 Å². The average Bonchev–Trinajstić information content (AvgIpc) is 3.37. The predicted molar refractivity (Wildman–Crippen MR) is 116 cm³/mol. The molecule has 0 aromatic carbocycles. The van der Waals surface area contributed by atoms with Crippen LogP contribution >= 0.6 is 23.5 Å². The van der Waals surface area contributed by atoms with E-state index in [1.807, 2.05) is 0 Å². The van der Waals surface area contributed by atoms with Gasteiger partial charge in [0.1, 0.15) is 30.0 Å². The van der Waals surface area contributed by atoms with Crippen LogP contribution in [0.1, 0.15) is 32.1 Å². The molecular formula is C20H24F2O10S3. The predicted octanol–water partition coefficient (Wildman–Crippen LogP) is 1.77. The third kappa shape index (κ3) is 3.52. The zero-order chi connectivity index (χ0) is 25.0. The van der Waals surface area contributed by atoms with Gasteiger partial charge in [-0.25, -0.2) is 9.59 Å². The maximum atomic E-state index is 13.9. The standard InChI is InChI=1S/C20H24F2O10S3/c1-28-7-29-13-11-12(30-15(13)23)14-16(31-11)34-19(33-14)9-2-8-3-10(19)6-18(4-8,5-9)32-17(24)20(21,22)35(25,26)27/h8-14,16H,2-7H2,1H3,(H,25,26,27). The van der Waals surface area contributed by atoms with Gasteiger partial charge in [-0.15, -0.1) is 23.5 Å². The summed E-state index contributed by atoms with van der Waals surface area (Å²) in [6, 6.07) is 0. The first-order valence-corrected chi connectivity index (χ1v) is 14.5. The molecule has 7 rings (SSSR count). The fourth-order valence-corrected chi connectivity index (χ4v) is 11.7. The molecule has 35 heavy (non-hydrogen) atoms. The first-order chi connectivity index (χ1) is 16.4. The van der Waals surface area contributed by atoms with E-state index >= 15 is 0 Å². The van der Waals surface area contributed by atoms with Gasteiger partial charge in [-0.3, -0.25) is 4.55 Å². The van der Waals surface area contributed by atoms with E-state index in [1.54, 1.807) is 23.5 Å². The van der Waals surface area contributed by atoms with E-state index in [0.717, 1.165) is 12.8 Å². The minimum absolute atomic E-state index is 0.0150. The number of methoxy groups -OCH3 is 1. The normalized spacial score (nSPS) is 47.7. The van der Waals surface area contributed by atoms with Crippen LogP contribution in [0.4, 0.5) is 8.78 Å². The van der Waals surface area contributed by atoms with Gasteiger partial charge in [0.2, 0.25) is 0 Å². The van der Waals surface area contributed by atoms with Gasteiger partial charge in [-0.1, -0.05) is 0 Å². The molecule has 0 aromatic heterocycles. The SMILES string of the molecule is COCOC1C(=O)OC2C1OC1SC3(SC12)C1CC2CC3CC(OC(=O)C(F)(F)S(=O)(=O)O)(C2)C1. The van der Waals surface area contributed by atoms with Gasteiger partial charge in [-0.05, 0) is 49.9 Å². The van der Waals surface area contributed by atoms with Gasteiger partial charge in [-0.2, -0.15) is 17.2 Å². The summed E-state index contributed by atoms with van der Waals surface area (Å²) in [4.78, 5) is 24.4. The van der Waals surface area contributed by atoms with E-state index in [-0.39, 0.29) is 39.3 Å². The fourth-order valence-electron chi connectivity index (χ4n) is 7.03. The highest BCUT2D eigenvalue weighted by Gasteiger charge is 2.72. The third-order valence-corrected chi connectivity index (χ3v) is 13.2. The molecule has 3 heterocycles. The van der Waals surface area contributed by atoms with Crippen molar-refractivity contribution in [1.82, 2.24) is 0 Å². The number of rotatable bonds is 6. The number of fused-ring (bicyclic) bond motifs is 3. The summed E-state index contributed by atoms with van der Waals surface area (Å²) in [5, 5.41) is -5.14. The van der Waals surface area contributed by atoms with Crippen molar-refractivity contribution in [2.75, 3.05) is 13.9 Å². The molecular weight excluding hydrogens is 534 g/mol. The Balaban J connectivity index is 1.20. The molecule has 7 unspecified atom stereocenters.